The molecule has 1 heteroatoms. The fraction of sp³-hybridized carbons (Fsp3) is 0.111. The summed E-state index contributed by atoms with van der Waals surface area (Å²) in [6.07, 6.45) is 7.98. The molecule has 0 saturated carbocycles. The molecule has 19 heavy (non-hydrogen) atoms. The Morgan fingerprint density at radius 1 is 0.842 bits per heavy atom. The zero-order chi connectivity index (χ0) is 13.5. The summed E-state index contributed by atoms with van der Waals surface area (Å²) in [5.74, 6) is -0.201. The summed E-state index contributed by atoms with van der Waals surface area (Å²) >= 11 is 0. The van der Waals surface area contributed by atoms with Crippen molar-refractivity contribution in [2.24, 2.45) is 0 Å². The summed E-state index contributed by atoms with van der Waals surface area (Å²) in [6.45, 7) is 3.68. The highest BCUT2D eigenvalue weighted by atomic mass is 19.1. The van der Waals surface area contributed by atoms with Gasteiger partial charge in [0.25, 0.3) is 0 Å². The summed E-state index contributed by atoms with van der Waals surface area (Å²) in [5.41, 5.74) is 3.42. The zero-order valence-corrected chi connectivity index (χ0v) is 10.9. The summed E-state index contributed by atoms with van der Waals surface area (Å²) in [6, 6.07) is 14.9. The highest BCUT2D eigenvalue weighted by molar-refractivity contribution is 5.63. The molecule has 0 N–H and O–H groups in total. The van der Waals surface area contributed by atoms with Gasteiger partial charge in [0.1, 0.15) is 5.82 Å². The second kappa shape index (κ2) is 6.69. The van der Waals surface area contributed by atoms with E-state index in [1.807, 2.05) is 6.08 Å². The van der Waals surface area contributed by atoms with Gasteiger partial charge in [0.2, 0.25) is 0 Å². The van der Waals surface area contributed by atoms with Crippen LogP contribution in [0.25, 0.3) is 11.1 Å². The SMILES string of the molecule is C=CC/C=C\Cc1ccc(-c2ccc(F)cc2)cc1. The lowest BCUT2D eigenvalue weighted by Gasteiger charge is -2.03. The van der Waals surface area contributed by atoms with E-state index in [0.29, 0.717) is 0 Å². The molecule has 0 radical (unpaired) electrons. The highest BCUT2D eigenvalue weighted by Gasteiger charge is 1.98. The molecule has 2 aromatic carbocycles. The van der Waals surface area contributed by atoms with Crippen molar-refractivity contribution < 1.29 is 4.39 Å². The third-order valence-electron chi connectivity index (χ3n) is 2.95. The minimum atomic E-state index is -0.201. The summed E-state index contributed by atoms with van der Waals surface area (Å²) in [7, 11) is 0. The molecule has 0 bridgehead atoms. The molecule has 0 atom stereocenters. The Balaban J connectivity index is 2.05. The van der Waals surface area contributed by atoms with Crippen LogP contribution in [0.15, 0.2) is 73.3 Å². The molecule has 0 amide bonds. The second-order valence-corrected chi connectivity index (χ2v) is 4.40. The molecule has 0 fully saturated rings. The summed E-state index contributed by atoms with van der Waals surface area (Å²) in [5, 5.41) is 0. The Morgan fingerprint density at radius 3 is 2.00 bits per heavy atom. The van der Waals surface area contributed by atoms with Crippen molar-refractivity contribution in [2.75, 3.05) is 0 Å². The lowest BCUT2D eigenvalue weighted by atomic mass is 10.0. The maximum Gasteiger partial charge on any atom is 0.123 e. The lowest BCUT2D eigenvalue weighted by molar-refractivity contribution is 0.628. The van der Waals surface area contributed by atoms with Crippen molar-refractivity contribution in [2.45, 2.75) is 12.8 Å². The van der Waals surface area contributed by atoms with E-state index in [9.17, 15) is 4.39 Å². The Morgan fingerprint density at radius 2 is 1.42 bits per heavy atom. The van der Waals surface area contributed by atoms with Crippen LogP contribution in [0.1, 0.15) is 12.0 Å². The summed E-state index contributed by atoms with van der Waals surface area (Å²) in [4.78, 5) is 0. The molecular weight excluding hydrogens is 235 g/mol. The van der Waals surface area contributed by atoms with Crippen molar-refractivity contribution in [3.63, 3.8) is 0 Å². The number of allylic oxidation sites excluding steroid dienone is 3. The van der Waals surface area contributed by atoms with E-state index in [1.165, 1.54) is 17.7 Å². The molecule has 0 nitrogen and oxygen atoms in total. The average Bonchev–Trinajstić information content (AvgIpc) is 2.45. The fourth-order valence-electron chi connectivity index (χ4n) is 1.89. The maximum absolute atomic E-state index is 12.9. The molecule has 0 spiro atoms. The van der Waals surface area contributed by atoms with Gasteiger partial charge in [0.15, 0.2) is 0 Å². The number of benzene rings is 2. The third kappa shape index (κ3) is 3.92. The van der Waals surface area contributed by atoms with E-state index in [4.69, 9.17) is 0 Å². The second-order valence-electron chi connectivity index (χ2n) is 4.40. The van der Waals surface area contributed by atoms with Crippen molar-refractivity contribution in [3.8, 4) is 11.1 Å². The topological polar surface area (TPSA) is 0 Å². The minimum Gasteiger partial charge on any atom is -0.207 e. The molecule has 0 unspecified atom stereocenters. The molecule has 0 saturated heterocycles. The van der Waals surface area contributed by atoms with Gasteiger partial charge >= 0.3 is 0 Å². The van der Waals surface area contributed by atoms with E-state index < -0.39 is 0 Å². The highest BCUT2D eigenvalue weighted by Crippen LogP contribution is 2.20. The van der Waals surface area contributed by atoms with Gasteiger partial charge in [-0.05, 0) is 41.7 Å². The Bertz CT molecular complexity index is 547. The summed E-state index contributed by atoms with van der Waals surface area (Å²) < 4.78 is 12.9. The Kier molecular flexibility index (Phi) is 4.68. The first-order valence-corrected chi connectivity index (χ1v) is 6.40. The van der Waals surface area contributed by atoms with Crippen molar-refractivity contribution in [1.29, 1.82) is 0 Å². The van der Waals surface area contributed by atoms with Crippen LogP contribution in [0.5, 0.6) is 0 Å². The van der Waals surface area contributed by atoms with Crippen molar-refractivity contribution in [1.82, 2.24) is 0 Å². The van der Waals surface area contributed by atoms with Gasteiger partial charge in [-0.25, -0.2) is 4.39 Å². The Hall–Kier alpha value is -2.15. The molecule has 0 heterocycles. The largest absolute Gasteiger partial charge is 0.207 e. The molecule has 0 aliphatic carbocycles. The molecule has 0 aliphatic heterocycles. The van der Waals surface area contributed by atoms with Crippen LogP contribution < -0.4 is 0 Å². The molecule has 2 aromatic rings. The quantitative estimate of drug-likeness (QED) is 0.644. The fourth-order valence-corrected chi connectivity index (χ4v) is 1.89. The normalized spacial score (nSPS) is 10.8. The van der Waals surface area contributed by atoms with E-state index in [0.717, 1.165) is 24.0 Å². The van der Waals surface area contributed by atoms with Gasteiger partial charge in [0.05, 0.1) is 0 Å². The van der Waals surface area contributed by atoms with E-state index >= 15 is 0 Å². The van der Waals surface area contributed by atoms with Crippen molar-refractivity contribution in [3.05, 3.63) is 84.7 Å². The smallest absolute Gasteiger partial charge is 0.123 e. The van der Waals surface area contributed by atoms with Gasteiger partial charge in [0, 0.05) is 0 Å². The van der Waals surface area contributed by atoms with E-state index in [1.54, 1.807) is 12.1 Å². The third-order valence-corrected chi connectivity index (χ3v) is 2.95. The number of rotatable bonds is 5. The van der Waals surface area contributed by atoms with Crippen LogP contribution in [0.2, 0.25) is 0 Å². The number of halogens is 1. The van der Waals surface area contributed by atoms with Crippen molar-refractivity contribution >= 4 is 0 Å². The first-order valence-electron chi connectivity index (χ1n) is 6.40. The van der Waals surface area contributed by atoms with Crippen LogP contribution in [0.3, 0.4) is 0 Å². The molecule has 0 aromatic heterocycles. The first-order chi connectivity index (χ1) is 9.29. The number of hydrogen-bond acceptors (Lipinski definition) is 0. The van der Waals surface area contributed by atoms with E-state index in [2.05, 4.69) is 43.0 Å². The molecular formula is C18H17F. The van der Waals surface area contributed by atoms with E-state index in [-0.39, 0.29) is 5.82 Å². The van der Waals surface area contributed by atoms with Crippen LogP contribution in [0.4, 0.5) is 4.39 Å². The zero-order valence-electron chi connectivity index (χ0n) is 10.9. The predicted molar refractivity (Wildman–Crippen MR) is 79.5 cm³/mol. The first kappa shape index (κ1) is 13.3. The standard InChI is InChI=1S/C18H17F/c1-2-3-4-5-6-15-7-9-16(10-8-15)17-11-13-18(19)14-12-17/h2,4-5,7-14H,1,3,6H2/b5-4-. The minimum absolute atomic E-state index is 0.201. The van der Waals surface area contributed by atoms with Gasteiger partial charge in [-0.2, -0.15) is 0 Å². The van der Waals surface area contributed by atoms with Gasteiger partial charge < -0.3 is 0 Å². The maximum atomic E-state index is 12.9. The van der Waals surface area contributed by atoms with Gasteiger partial charge in [-0.15, -0.1) is 6.58 Å². The predicted octanol–water partition coefficient (Wildman–Crippen LogP) is 5.17. The number of hydrogen-bond donors (Lipinski definition) is 0. The molecule has 96 valence electrons. The average molecular weight is 252 g/mol. The van der Waals surface area contributed by atoms with Crippen LogP contribution in [-0.4, -0.2) is 0 Å². The van der Waals surface area contributed by atoms with Gasteiger partial charge in [-0.3, -0.25) is 0 Å². The lowest BCUT2D eigenvalue weighted by Crippen LogP contribution is -1.83. The Labute approximate surface area is 113 Å². The van der Waals surface area contributed by atoms with Gasteiger partial charge in [-0.1, -0.05) is 54.6 Å². The van der Waals surface area contributed by atoms with Crippen LogP contribution in [0, 0.1) is 5.82 Å². The monoisotopic (exact) mass is 252 g/mol. The molecule has 2 rings (SSSR count). The molecule has 0 aliphatic rings. The van der Waals surface area contributed by atoms with Crippen LogP contribution in [-0.2, 0) is 6.42 Å². The van der Waals surface area contributed by atoms with Crippen LogP contribution >= 0.6 is 0 Å².